The van der Waals surface area contributed by atoms with Crippen LogP contribution in [0, 0.1) is 0 Å². The van der Waals surface area contributed by atoms with Crippen molar-refractivity contribution < 1.29 is 9.59 Å². The van der Waals surface area contributed by atoms with E-state index in [9.17, 15) is 9.59 Å². The van der Waals surface area contributed by atoms with Gasteiger partial charge in [-0.25, -0.2) is 0 Å². The maximum atomic E-state index is 11.0. The largest absolute Gasteiger partial charge is 0.325 e. The van der Waals surface area contributed by atoms with Gasteiger partial charge >= 0.3 is 0 Å². The monoisotopic (exact) mass is 289 g/mol. The van der Waals surface area contributed by atoms with Gasteiger partial charge in [0.05, 0.1) is 4.43 Å². The maximum Gasteiger partial charge on any atom is 0.234 e. The molecule has 1 aromatic carbocycles. The SMILES string of the molecule is O=Cc1cccc(NC(=O)CI)c1. The number of carbonyl (C=O) groups excluding carboxylic acids is 2. The lowest BCUT2D eigenvalue weighted by molar-refractivity contribution is -0.113. The molecule has 0 saturated heterocycles. The molecule has 0 aromatic heterocycles. The second-order valence-electron chi connectivity index (χ2n) is 2.43. The number of amides is 1. The van der Waals surface area contributed by atoms with E-state index in [4.69, 9.17) is 0 Å². The predicted molar refractivity (Wildman–Crippen MR) is 59.3 cm³/mol. The van der Waals surface area contributed by atoms with E-state index in [1.54, 1.807) is 24.3 Å². The van der Waals surface area contributed by atoms with Crippen LogP contribution < -0.4 is 5.32 Å². The minimum absolute atomic E-state index is 0.0661. The molecule has 68 valence electrons. The summed E-state index contributed by atoms with van der Waals surface area (Å²) >= 11 is 1.98. The van der Waals surface area contributed by atoms with Crippen molar-refractivity contribution in [2.75, 3.05) is 9.74 Å². The number of rotatable bonds is 3. The third-order valence-electron chi connectivity index (χ3n) is 1.43. The molecule has 0 atom stereocenters. The summed E-state index contributed by atoms with van der Waals surface area (Å²) in [5.74, 6) is -0.0661. The highest BCUT2D eigenvalue weighted by Gasteiger charge is 1.99. The van der Waals surface area contributed by atoms with Gasteiger partial charge in [0.1, 0.15) is 6.29 Å². The van der Waals surface area contributed by atoms with Crippen LogP contribution in [0.1, 0.15) is 10.4 Å². The Morgan fingerprint density at radius 1 is 1.54 bits per heavy atom. The first-order valence-corrected chi connectivity index (χ1v) is 5.20. The molecule has 0 aliphatic rings. The summed E-state index contributed by atoms with van der Waals surface area (Å²) in [6.45, 7) is 0. The number of halogens is 1. The predicted octanol–water partition coefficient (Wildman–Crippen LogP) is 1.87. The molecule has 1 N–H and O–H groups in total. The minimum Gasteiger partial charge on any atom is -0.325 e. The molecule has 0 heterocycles. The molecule has 1 amide bonds. The van der Waals surface area contributed by atoms with Crippen LogP contribution in [0.3, 0.4) is 0 Å². The van der Waals surface area contributed by atoms with Gasteiger partial charge in [0.25, 0.3) is 0 Å². The second-order valence-corrected chi connectivity index (χ2v) is 3.19. The van der Waals surface area contributed by atoms with E-state index in [2.05, 4.69) is 5.32 Å². The quantitative estimate of drug-likeness (QED) is 0.524. The molecule has 0 bridgehead atoms. The fourth-order valence-electron chi connectivity index (χ4n) is 0.884. The standard InChI is InChI=1S/C9H8INO2/c10-5-9(13)11-8-3-1-2-7(4-8)6-12/h1-4,6H,5H2,(H,11,13). The fraction of sp³-hybridized carbons (Fsp3) is 0.111. The molecule has 0 fully saturated rings. The number of carbonyl (C=O) groups is 2. The summed E-state index contributed by atoms with van der Waals surface area (Å²) in [6.07, 6.45) is 0.750. The van der Waals surface area contributed by atoms with E-state index in [1.165, 1.54) is 0 Å². The number of nitrogens with one attached hydrogen (secondary N) is 1. The number of hydrogen-bond donors (Lipinski definition) is 1. The number of anilines is 1. The lowest BCUT2D eigenvalue weighted by Gasteiger charge is -2.02. The molecule has 0 saturated carbocycles. The first-order chi connectivity index (χ1) is 6.26. The highest BCUT2D eigenvalue weighted by molar-refractivity contribution is 14.1. The van der Waals surface area contributed by atoms with Crippen LogP contribution in [0.4, 0.5) is 5.69 Å². The van der Waals surface area contributed by atoms with Gasteiger partial charge in [0.2, 0.25) is 5.91 Å². The molecular formula is C9H8INO2. The maximum absolute atomic E-state index is 11.0. The van der Waals surface area contributed by atoms with Gasteiger partial charge in [-0.1, -0.05) is 34.7 Å². The zero-order valence-corrected chi connectivity index (χ0v) is 8.95. The molecule has 0 spiro atoms. The van der Waals surface area contributed by atoms with Gasteiger partial charge in [-0.3, -0.25) is 9.59 Å². The van der Waals surface area contributed by atoms with E-state index < -0.39 is 0 Å². The molecule has 3 nitrogen and oxygen atoms in total. The Morgan fingerprint density at radius 2 is 2.31 bits per heavy atom. The molecule has 0 unspecified atom stereocenters. The van der Waals surface area contributed by atoms with E-state index in [-0.39, 0.29) is 5.91 Å². The average Bonchev–Trinajstić information content (AvgIpc) is 2.18. The Hall–Kier alpha value is -0.910. The van der Waals surface area contributed by atoms with Crippen molar-refractivity contribution in [3.8, 4) is 0 Å². The molecule has 0 aliphatic heterocycles. The normalized spacial score (nSPS) is 9.31. The van der Waals surface area contributed by atoms with Crippen LogP contribution in [0.2, 0.25) is 0 Å². The van der Waals surface area contributed by atoms with Crippen LogP contribution in [0.25, 0.3) is 0 Å². The van der Waals surface area contributed by atoms with Gasteiger partial charge in [-0.2, -0.15) is 0 Å². The van der Waals surface area contributed by atoms with Crippen molar-refractivity contribution in [1.29, 1.82) is 0 Å². The van der Waals surface area contributed by atoms with E-state index >= 15 is 0 Å². The fourth-order valence-corrected chi connectivity index (χ4v) is 1.07. The summed E-state index contributed by atoms with van der Waals surface area (Å²) in [4.78, 5) is 21.4. The lowest BCUT2D eigenvalue weighted by Crippen LogP contribution is -2.12. The van der Waals surface area contributed by atoms with Crippen LogP contribution >= 0.6 is 22.6 Å². The van der Waals surface area contributed by atoms with Crippen LogP contribution in [-0.2, 0) is 4.79 Å². The third kappa shape index (κ3) is 3.14. The highest BCUT2D eigenvalue weighted by atomic mass is 127. The van der Waals surface area contributed by atoms with Crippen LogP contribution in [-0.4, -0.2) is 16.6 Å². The molecule has 0 radical (unpaired) electrons. The zero-order valence-electron chi connectivity index (χ0n) is 6.79. The topological polar surface area (TPSA) is 46.2 Å². The third-order valence-corrected chi connectivity index (χ3v) is 2.12. The zero-order chi connectivity index (χ0) is 9.68. The lowest BCUT2D eigenvalue weighted by atomic mass is 10.2. The summed E-state index contributed by atoms with van der Waals surface area (Å²) < 4.78 is 0.406. The smallest absolute Gasteiger partial charge is 0.234 e. The van der Waals surface area contributed by atoms with Gasteiger partial charge in [0.15, 0.2) is 0 Å². The van der Waals surface area contributed by atoms with Crippen molar-refractivity contribution >= 4 is 40.5 Å². The van der Waals surface area contributed by atoms with Crippen molar-refractivity contribution in [1.82, 2.24) is 0 Å². The summed E-state index contributed by atoms with van der Waals surface area (Å²) in [6, 6.07) is 6.80. The molecule has 1 aromatic rings. The Bertz CT molecular complexity index is 325. The Kier molecular flexibility index (Phi) is 3.88. The number of benzene rings is 1. The molecular weight excluding hydrogens is 281 g/mol. The molecule has 1 rings (SSSR count). The van der Waals surface area contributed by atoms with Gasteiger partial charge in [-0.15, -0.1) is 0 Å². The highest BCUT2D eigenvalue weighted by Crippen LogP contribution is 2.08. The molecule has 0 aliphatic carbocycles. The van der Waals surface area contributed by atoms with Crippen molar-refractivity contribution in [3.05, 3.63) is 29.8 Å². The van der Waals surface area contributed by atoms with Crippen molar-refractivity contribution in [2.24, 2.45) is 0 Å². The summed E-state index contributed by atoms with van der Waals surface area (Å²) in [5.41, 5.74) is 1.22. The first-order valence-electron chi connectivity index (χ1n) is 3.67. The van der Waals surface area contributed by atoms with E-state index in [1.807, 2.05) is 22.6 Å². The summed E-state index contributed by atoms with van der Waals surface area (Å²) in [7, 11) is 0. The van der Waals surface area contributed by atoms with Crippen LogP contribution in [0.5, 0.6) is 0 Å². The van der Waals surface area contributed by atoms with Gasteiger partial charge < -0.3 is 5.32 Å². The van der Waals surface area contributed by atoms with E-state index in [0.717, 1.165) is 6.29 Å². The van der Waals surface area contributed by atoms with Gasteiger partial charge in [-0.05, 0) is 12.1 Å². The molecule has 4 heteroatoms. The summed E-state index contributed by atoms with van der Waals surface area (Å²) in [5, 5.41) is 2.66. The van der Waals surface area contributed by atoms with Crippen molar-refractivity contribution in [2.45, 2.75) is 0 Å². The minimum atomic E-state index is -0.0661. The Labute approximate surface area is 89.7 Å². The Morgan fingerprint density at radius 3 is 2.92 bits per heavy atom. The van der Waals surface area contributed by atoms with Gasteiger partial charge in [0, 0.05) is 11.3 Å². The number of alkyl halides is 1. The van der Waals surface area contributed by atoms with E-state index in [0.29, 0.717) is 15.7 Å². The number of aldehydes is 1. The van der Waals surface area contributed by atoms with Crippen molar-refractivity contribution in [3.63, 3.8) is 0 Å². The first kappa shape index (κ1) is 10.2. The average molecular weight is 289 g/mol. The van der Waals surface area contributed by atoms with Crippen LogP contribution in [0.15, 0.2) is 24.3 Å². The number of hydrogen-bond acceptors (Lipinski definition) is 2. The second kappa shape index (κ2) is 4.96. The Balaban J connectivity index is 2.77. The molecule has 13 heavy (non-hydrogen) atoms.